The van der Waals surface area contributed by atoms with E-state index >= 15 is 0 Å². The number of carbonyl (C=O) groups excluding carboxylic acids is 1. The van der Waals surface area contributed by atoms with Gasteiger partial charge in [-0.25, -0.2) is 5.21 Å². The summed E-state index contributed by atoms with van der Waals surface area (Å²) in [5.74, 6) is -0.144. The highest BCUT2D eigenvalue weighted by Gasteiger charge is 2.46. The van der Waals surface area contributed by atoms with E-state index in [9.17, 15) is 10.0 Å². The van der Waals surface area contributed by atoms with Crippen molar-refractivity contribution in [3.05, 3.63) is 69.7 Å². The zero-order valence-corrected chi connectivity index (χ0v) is 16.2. The fourth-order valence-corrected chi connectivity index (χ4v) is 4.14. The molecule has 0 spiro atoms. The lowest BCUT2D eigenvalue weighted by atomic mass is 9.91. The van der Waals surface area contributed by atoms with Gasteiger partial charge in [-0.15, -0.1) is 0 Å². The Morgan fingerprint density at radius 2 is 1.69 bits per heavy atom. The molecule has 2 N–H and O–H groups in total. The lowest BCUT2D eigenvalue weighted by Gasteiger charge is -2.39. The van der Waals surface area contributed by atoms with Crippen molar-refractivity contribution >= 4 is 29.1 Å². The standard InChI is InChI=1S/C20H22Cl2N2O2/c1-14(25)23-19(15-7-3-2-4-8-15)20(24(26)11-5-6-12-24)16-9-10-17(21)18(22)13-16/h2-4,7-10,13,19-20,26H,5-6,11-12H2,1H3/p+1/t19-,20?/m0/s1. The number of quaternary nitrogens is 1. The molecule has 138 valence electrons. The number of nitrogens with one attached hydrogen (secondary N) is 1. The minimum Gasteiger partial charge on any atom is -0.343 e. The molecular weight excluding hydrogens is 371 g/mol. The van der Waals surface area contributed by atoms with E-state index < -0.39 is 0 Å². The minimum absolute atomic E-state index is 0.127. The monoisotopic (exact) mass is 393 g/mol. The molecule has 0 radical (unpaired) electrons. The van der Waals surface area contributed by atoms with Crippen molar-refractivity contribution in [2.45, 2.75) is 31.8 Å². The predicted octanol–water partition coefficient (Wildman–Crippen LogP) is 4.91. The molecule has 26 heavy (non-hydrogen) atoms. The molecule has 0 bridgehead atoms. The third-order valence-electron chi connectivity index (χ3n) is 4.98. The molecule has 3 rings (SSSR count). The Labute approximate surface area is 163 Å². The average molecular weight is 394 g/mol. The summed E-state index contributed by atoms with van der Waals surface area (Å²) in [4.78, 5) is 12.0. The van der Waals surface area contributed by atoms with Gasteiger partial charge in [-0.1, -0.05) is 59.6 Å². The van der Waals surface area contributed by atoms with Crippen LogP contribution in [0.15, 0.2) is 48.5 Å². The van der Waals surface area contributed by atoms with Gasteiger partial charge in [0.2, 0.25) is 5.91 Å². The second kappa shape index (κ2) is 7.97. The van der Waals surface area contributed by atoms with E-state index in [-0.39, 0.29) is 22.6 Å². The van der Waals surface area contributed by atoms with Crippen molar-refractivity contribution in [3.8, 4) is 0 Å². The van der Waals surface area contributed by atoms with Gasteiger partial charge < -0.3 is 5.32 Å². The predicted molar refractivity (Wildman–Crippen MR) is 103 cm³/mol. The molecule has 1 aliphatic heterocycles. The van der Waals surface area contributed by atoms with Crippen LogP contribution in [0, 0.1) is 0 Å². The highest BCUT2D eigenvalue weighted by Crippen LogP contribution is 2.42. The second-order valence-electron chi connectivity index (χ2n) is 6.85. The molecule has 2 aromatic rings. The number of hydroxylamine groups is 3. The van der Waals surface area contributed by atoms with E-state index in [1.165, 1.54) is 6.92 Å². The number of likely N-dealkylation sites (tertiary alicyclic amines) is 1. The Hall–Kier alpha value is -1.59. The van der Waals surface area contributed by atoms with Gasteiger partial charge in [-0.3, -0.25) is 4.79 Å². The summed E-state index contributed by atoms with van der Waals surface area (Å²) >= 11 is 12.3. The highest BCUT2D eigenvalue weighted by molar-refractivity contribution is 6.42. The van der Waals surface area contributed by atoms with Gasteiger partial charge in [0, 0.05) is 25.3 Å². The number of rotatable bonds is 5. The van der Waals surface area contributed by atoms with E-state index in [1.807, 2.05) is 36.4 Å². The Morgan fingerprint density at radius 1 is 1.04 bits per heavy atom. The largest absolute Gasteiger partial charge is 0.343 e. The van der Waals surface area contributed by atoms with E-state index in [1.54, 1.807) is 12.1 Å². The lowest BCUT2D eigenvalue weighted by Crippen LogP contribution is -2.50. The molecule has 6 heteroatoms. The smallest absolute Gasteiger partial charge is 0.217 e. The van der Waals surface area contributed by atoms with Gasteiger partial charge in [0.05, 0.1) is 10.0 Å². The third-order valence-corrected chi connectivity index (χ3v) is 5.72. The number of amides is 1. The minimum atomic E-state index is -0.381. The SMILES string of the molecule is CC(=O)N[C@@H](c1ccccc1)C(c1ccc(Cl)c(Cl)c1)[N+]1(O)CCCC1. The van der Waals surface area contributed by atoms with Crippen LogP contribution in [-0.2, 0) is 4.79 Å². The van der Waals surface area contributed by atoms with Crippen LogP contribution in [0.3, 0.4) is 0 Å². The van der Waals surface area contributed by atoms with Crippen LogP contribution in [0.4, 0.5) is 0 Å². The van der Waals surface area contributed by atoms with Crippen LogP contribution in [0.5, 0.6) is 0 Å². The second-order valence-corrected chi connectivity index (χ2v) is 7.66. The molecule has 1 saturated heterocycles. The molecule has 4 nitrogen and oxygen atoms in total. The molecule has 0 aromatic heterocycles. The van der Waals surface area contributed by atoms with Crippen LogP contribution in [-0.4, -0.2) is 28.9 Å². The van der Waals surface area contributed by atoms with Gasteiger partial charge in [0.1, 0.15) is 19.1 Å². The first kappa shape index (κ1) is 19.2. The van der Waals surface area contributed by atoms with E-state index in [0.717, 1.165) is 24.0 Å². The topological polar surface area (TPSA) is 49.3 Å². The van der Waals surface area contributed by atoms with Gasteiger partial charge in [-0.05, 0) is 17.7 Å². The van der Waals surface area contributed by atoms with E-state index in [4.69, 9.17) is 23.2 Å². The number of carbonyl (C=O) groups is 1. The van der Waals surface area contributed by atoms with Crippen molar-refractivity contribution in [1.29, 1.82) is 0 Å². The van der Waals surface area contributed by atoms with Crippen molar-refractivity contribution < 1.29 is 14.6 Å². The van der Waals surface area contributed by atoms with E-state index in [0.29, 0.717) is 23.1 Å². The van der Waals surface area contributed by atoms with Crippen molar-refractivity contribution in [2.75, 3.05) is 13.1 Å². The Bertz CT molecular complexity index is 777. The molecule has 1 heterocycles. The van der Waals surface area contributed by atoms with Crippen molar-refractivity contribution in [3.63, 3.8) is 0 Å². The fourth-order valence-electron chi connectivity index (χ4n) is 3.83. The molecule has 1 unspecified atom stereocenters. The molecular formula is C20H23Cl2N2O2+. The quantitative estimate of drug-likeness (QED) is 0.708. The zero-order valence-electron chi connectivity index (χ0n) is 14.7. The number of halogens is 2. The normalized spacial score (nSPS) is 18.3. The maximum atomic E-state index is 12.0. The van der Waals surface area contributed by atoms with Gasteiger partial charge in [0.15, 0.2) is 6.04 Å². The Balaban J connectivity index is 2.13. The first-order chi connectivity index (χ1) is 12.4. The number of hydrogen-bond acceptors (Lipinski definition) is 2. The Morgan fingerprint density at radius 3 is 2.27 bits per heavy atom. The zero-order chi connectivity index (χ0) is 18.7. The van der Waals surface area contributed by atoms with E-state index in [2.05, 4.69) is 5.32 Å². The number of hydrogen-bond donors (Lipinski definition) is 2. The first-order valence-electron chi connectivity index (χ1n) is 8.77. The van der Waals surface area contributed by atoms with Gasteiger partial charge >= 0.3 is 0 Å². The number of nitrogens with zero attached hydrogens (tertiary/aromatic N) is 1. The first-order valence-corrected chi connectivity index (χ1v) is 9.53. The van der Waals surface area contributed by atoms with Gasteiger partial charge in [-0.2, -0.15) is 4.65 Å². The summed E-state index contributed by atoms with van der Waals surface area (Å²) < 4.78 is -0.127. The molecule has 2 aromatic carbocycles. The molecule has 2 atom stereocenters. The van der Waals surface area contributed by atoms with Crippen LogP contribution >= 0.6 is 23.2 Å². The average Bonchev–Trinajstić information content (AvgIpc) is 3.05. The highest BCUT2D eigenvalue weighted by atomic mass is 35.5. The summed E-state index contributed by atoms with van der Waals surface area (Å²) in [5, 5.41) is 15.4. The van der Waals surface area contributed by atoms with Crippen LogP contribution in [0.1, 0.15) is 43.0 Å². The summed E-state index contributed by atoms with van der Waals surface area (Å²) in [7, 11) is 0. The van der Waals surface area contributed by atoms with Crippen molar-refractivity contribution in [1.82, 2.24) is 5.32 Å². The summed E-state index contributed by atoms with van der Waals surface area (Å²) in [6.07, 6.45) is 1.88. The maximum absolute atomic E-state index is 12.0. The lowest BCUT2D eigenvalue weighted by molar-refractivity contribution is -1.12. The molecule has 1 amide bonds. The molecule has 1 aliphatic rings. The van der Waals surface area contributed by atoms with Gasteiger partial charge in [0.25, 0.3) is 0 Å². The Kier molecular flexibility index (Phi) is 5.88. The maximum Gasteiger partial charge on any atom is 0.217 e. The summed E-state index contributed by atoms with van der Waals surface area (Å²) in [6.45, 7) is 2.76. The third kappa shape index (κ3) is 4.04. The number of benzene rings is 2. The van der Waals surface area contributed by atoms with Crippen LogP contribution < -0.4 is 5.32 Å². The molecule has 0 aliphatic carbocycles. The van der Waals surface area contributed by atoms with Crippen LogP contribution in [0.25, 0.3) is 0 Å². The summed E-state index contributed by atoms with van der Waals surface area (Å²) in [5.41, 5.74) is 1.80. The van der Waals surface area contributed by atoms with Crippen molar-refractivity contribution in [2.24, 2.45) is 0 Å². The van der Waals surface area contributed by atoms with Crippen LogP contribution in [0.2, 0.25) is 10.0 Å². The fraction of sp³-hybridized carbons (Fsp3) is 0.350. The summed E-state index contributed by atoms with van der Waals surface area (Å²) in [6, 6.07) is 14.4. The molecule has 0 saturated carbocycles. The molecule has 1 fully saturated rings.